The van der Waals surface area contributed by atoms with E-state index in [1.54, 1.807) is 30.3 Å². The lowest BCUT2D eigenvalue weighted by atomic mass is 10.2. The van der Waals surface area contributed by atoms with E-state index in [0.717, 1.165) is 0 Å². The fourth-order valence-corrected chi connectivity index (χ4v) is 3.71. The molecule has 0 aliphatic rings. The van der Waals surface area contributed by atoms with Crippen molar-refractivity contribution in [1.29, 1.82) is 0 Å². The monoisotopic (exact) mass is 440 g/mol. The number of carboxylic acids is 1. The second-order valence-electron chi connectivity index (χ2n) is 6.31. The first-order valence-electron chi connectivity index (χ1n) is 8.93. The largest absolute Gasteiger partial charge is 0.545 e. The molecular formula is C21H18N3O6S-. The molecule has 3 aromatic carbocycles. The second kappa shape index (κ2) is 9.18. The quantitative estimate of drug-likeness (QED) is 0.453. The van der Waals surface area contributed by atoms with Crippen LogP contribution in [0.4, 0.5) is 11.4 Å². The van der Waals surface area contributed by atoms with E-state index in [2.05, 4.69) is 15.6 Å². The third-order valence-corrected chi connectivity index (χ3v) is 5.55. The molecule has 0 saturated carbocycles. The Morgan fingerprint density at radius 1 is 0.871 bits per heavy atom. The van der Waals surface area contributed by atoms with Gasteiger partial charge < -0.3 is 14.6 Å². The van der Waals surface area contributed by atoms with Gasteiger partial charge in [0.25, 0.3) is 15.9 Å². The van der Waals surface area contributed by atoms with Crippen LogP contribution in [0.2, 0.25) is 0 Å². The molecule has 0 atom stereocenters. The average Bonchev–Trinajstić information content (AvgIpc) is 2.78. The molecule has 10 heteroatoms. The molecule has 3 rings (SSSR count). The van der Waals surface area contributed by atoms with E-state index in [9.17, 15) is 23.1 Å². The summed E-state index contributed by atoms with van der Waals surface area (Å²) >= 11 is 0. The number of benzene rings is 3. The summed E-state index contributed by atoms with van der Waals surface area (Å²) in [5, 5.41) is 10.9. The van der Waals surface area contributed by atoms with Crippen molar-refractivity contribution in [3.8, 4) is 5.75 Å². The summed E-state index contributed by atoms with van der Waals surface area (Å²) in [7, 11) is -2.43. The van der Waals surface area contributed by atoms with Crippen molar-refractivity contribution in [2.24, 2.45) is 0 Å². The van der Waals surface area contributed by atoms with Crippen molar-refractivity contribution >= 4 is 33.3 Å². The van der Waals surface area contributed by atoms with Crippen LogP contribution >= 0.6 is 0 Å². The number of ether oxygens (including phenoxy) is 1. The number of anilines is 2. The second-order valence-corrected chi connectivity index (χ2v) is 7.99. The molecule has 31 heavy (non-hydrogen) atoms. The molecule has 3 aromatic rings. The lowest BCUT2D eigenvalue weighted by Crippen LogP contribution is -2.30. The highest BCUT2D eigenvalue weighted by Crippen LogP contribution is 2.20. The summed E-state index contributed by atoms with van der Waals surface area (Å²) in [6.45, 7) is 0. The highest BCUT2D eigenvalue weighted by Gasteiger charge is 2.16. The van der Waals surface area contributed by atoms with E-state index in [1.807, 2.05) is 0 Å². The molecule has 0 heterocycles. The fourth-order valence-electron chi connectivity index (χ4n) is 2.60. The van der Waals surface area contributed by atoms with E-state index >= 15 is 0 Å². The number of aromatic carboxylic acids is 1. The van der Waals surface area contributed by atoms with Gasteiger partial charge in [0, 0.05) is 11.3 Å². The van der Waals surface area contributed by atoms with E-state index in [4.69, 9.17) is 4.74 Å². The normalized spacial score (nSPS) is 10.7. The summed E-state index contributed by atoms with van der Waals surface area (Å²) in [6.07, 6.45) is 0. The highest BCUT2D eigenvalue weighted by atomic mass is 32.2. The first kappa shape index (κ1) is 21.7. The number of amides is 1. The molecule has 0 aliphatic carbocycles. The van der Waals surface area contributed by atoms with Gasteiger partial charge in [-0.05, 0) is 60.2 Å². The van der Waals surface area contributed by atoms with Gasteiger partial charge in [0.15, 0.2) is 0 Å². The van der Waals surface area contributed by atoms with Gasteiger partial charge in [0.05, 0.1) is 23.7 Å². The number of carbonyl (C=O) groups excluding carboxylic acids is 2. The summed E-state index contributed by atoms with van der Waals surface area (Å²) < 4.78 is 32.8. The van der Waals surface area contributed by atoms with Crippen LogP contribution in [0.5, 0.6) is 5.75 Å². The zero-order chi connectivity index (χ0) is 22.4. The molecule has 0 fully saturated rings. The van der Waals surface area contributed by atoms with Crippen LogP contribution in [0.3, 0.4) is 0 Å². The number of sulfonamides is 1. The van der Waals surface area contributed by atoms with Crippen LogP contribution in [0, 0.1) is 0 Å². The smallest absolute Gasteiger partial charge is 0.269 e. The SMILES string of the molecule is COc1ccc(NS(=O)(=O)c2cccc(C(=O)NNc3cccc(C(=O)[O-])c3)c2)cc1. The number of hydrogen-bond donors (Lipinski definition) is 3. The summed E-state index contributed by atoms with van der Waals surface area (Å²) in [4.78, 5) is 23.2. The maximum absolute atomic E-state index is 12.7. The average molecular weight is 440 g/mol. The van der Waals surface area contributed by atoms with Crippen molar-refractivity contribution in [1.82, 2.24) is 5.43 Å². The van der Waals surface area contributed by atoms with E-state index in [0.29, 0.717) is 17.1 Å². The van der Waals surface area contributed by atoms with Gasteiger partial charge in [-0.1, -0.05) is 18.2 Å². The minimum atomic E-state index is -3.93. The molecule has 1 amide bonds. The zero-order valence-electron chi connectivity index (χ0n) is 16.3. The standard InChI is InChI=1S/C21H19N3O6S/c1-30-18-10-8-16(9-11-18)24-31(28,29)19-7-3-4-14(13-19)20(25)23-22-17-6-2-5-15(12-17)21(26)27/h2-13,22,24H,1H3,(H,23,25)(H,26,27)/p-1. The maximum atomic E-state index is 12.7. The third-order valence-electron chi connectivity index (χ3n) is 4.17. The highest BCUT2D eigenvalue weighted by molar-refractivity contribution is 7.92. The van der Waals surface area contributed by atoms with Gasteiger partial charge in [-0.2, -0.15) is 0 Å². The Kier molecular flexibility index (Phi) is 6.41. The number of rotatable bonds is 8. The van der Waals surface area contributed by atoms with Gasteiger partial charge in [-0.25, -0.2) is 8.42 Å². The lowest BCUT2D eigenvalue weighted by molar-refractivity contribution is -0.255. The number of nitrogens with one attached hydrogen (secondary N) is 3. The van der Waals surface area contributed by atoms with Crippen molar-refractivity contribution in [3.05, 3.63) is 83.9 Å². The maximum Gasteiger partial charge on any atom is 0.269 e. The van der Waals surface area contributed by atoms with Gasteiger partial charge in [-0.3, -0.25) is 20.4 Å². The topological polar surface area (TPSA) is 137 Å². The van der Waals surface area contributed by atoms with Crippen LogP contribution in [-0.4, -0.2) is 27.4 Å². The Bertz CT molecular complexity index is 1210. The molecule has 160 valence electrons. The molecule has 9 nitrogen and oxygen atoms in total. The molecule has 0 aliphatic heterocycles. The summed E-state index contributed by atoms with van der Waals surface area (Å²) in [5.74, 6) is -1.38. The molecule has 0 radical (unpaired) electrons. The fraction of sp³-hybridized carbons (Fsp3) is 0.0476. The molecule has 0 bridgehead atoms. The molecule has 0 spiro atoms. The molecular weight excluding hydrogens is 422 g/mol. The predicted molar refractivity (Wildman–Crippen MR) is 112 cm³/mol. The molecule has 0 saturated heterocycles. The van der Waals surface area contributed by atoms with Crippen molar-refractivity contribution < 1.29 is 27.9 Å². The number of carboxylic acid groups (broad SMARTS) is 1. The zero-order valence-corrected chi connectivity index (χ0v) is 17.1. The minimum Gasteiger partial charge on any atom is -0.545 e. The first-order chi connectivity index (χ1) is 14.8. The van der Waals surface area contributed by atoms with E-state index in [-0.39, 0.29) is 16.0 Å². The minimum absolute atomic E-state index is 0.0584. The van der Waals surface area contributed by atoms with Gasteiger partial charge in [-0.15, -0.1) is 0 Å². The van der Waals surface area contributed by atoms with Crippen LogP contribution in [0.1, 0.15) is 20.7 Å². The summed E-state index contributed by atoms with van der Waals surface area (Å²) in [6, 6.07) is 17.5. The summed E-state index contributed by atoms with van der Waals surface area (Å²) in [5.41, 5.74) is 5.65. The third kappa shape index (κ3) is 5.52. The lowest BCUT2D eigenvalue weighted by Gasteiger charge is -2.12. The van der Waals surface area contributed by atoms with E-state index < -0.39 is 21.9 Å². The van der Waals surface area contributed by atoms with Crippen molar-refractivity contribution in [2.45, 2.75) is 4.90 Å². The van der Waals surface area contributed by atoms with E-state index in [1.165, 1.54) is 49.6 Å². The molecule has 0 aromatic heterocycles. The Morgan fingerprint density at radius 2 is 1.55 bits per heavy atom. The number of hydrazine groups is 1. The number of methoxy groups -OCH3 is 1. The van der Waals surface area contributed by atoms with Crippen molar-refractivity contribution in [2.75, 3.05) is 17.3 Å². The molecule has 0 unspecified atom stereocenters. The Morgan fingerprint density at radius 3 is 2.23 bits per heavy atom. The van der Waals surface area contributed by atoms with Crippen molar-refractivity contribution in [3.63, 3.8) is 0 Å². The Hall–Kier alpha value is -4.05. The predicted octanol–water partition coefficient (Wildman–Crippen LogP) is 1.62. The number of hydrogen-bond acceptors (Lipinski definition) is 7. The van der Waals surface area contributed by atoms with Crippen LogP contribution in [0.15, 0.2) is 77.7 Å². The number of carbonyl (C=O) groups is 2. The Labute approximate surface area is 178 Å². The van der Waals surface area contributed by atoms with Crippen LogP contribution in [0.25, 0.3) is 0 Å². The van der Waals surface area contributed by atoms with Crippen LogP contribution in [-0.2, 0) is 10.0 Å². The Balaban J connectivity index is 1.71. The van der Waals surface area contributed by atoms with Gasteiger partial charge in [0.2, 0.25) is 0 Å². The van der Waals surface area contributed by atoms with Crippen LogP contribution < -0.4 is 25.4 Å². The molecule has 3 N–H and O–H groups in total. The van der Waals surface area contributed by atoms with Gasteiger partial charge in [0.1, 0.15) is 5.75 Å². The van der Waals surface area contributed by atoms with Gasteiger partial charge >= 0.3 is 0 Å². The first-order valence-corrected chi connectivity index (χ1v) is 10.4.